The van der Waals surface area contributed by atoms with Crippen LogP contribution in [-0.4, -0.2) is 42.3 Å². The number of nitrogens with zero attached hydrogens (tertiary/aromatic N) is 3. The summed E-state index contributed by atoms with van der Waals surface area (Å²) in [6, 6.07) is 2.45. The van der Waals surface area contributed by atoms with Crippen molar-refractivity contribution in [3.8, 4) is 5.88 Å². The minimum absolute atomic E-state index is 0.546. The third kappa shape index (κ3) is 4.84. The lowest BCUT2D eigenvalue weighted by Gasteiger charge is -2.30. The quantitative estimate of drug-likeness (QED) is 0.837. The van der Waals surface area contributed by atoms with Crippen molar-refractivity contribution in [3.63, 3.8) is 0 Å². The number of rotatable bonds is 7. The summed E-state index contributed by atoms with van der Waals surface area (Å²) in [7, 11) is 0. The van der Waals surface area contributed by atoms with Crippen LogP contribution in [0, 0.1) is 6.92 Å². The first-order valence-electron chi connectivity index (χ1n) is 8.19. The number of piperidine rings is 1. The Hall–Kier alpha value is -1.36. The Kier molecular flexibility index (Phi) is 6.23. The fourth-order valence-corrected chi connectivity index (χ4v) is 2.78. The minimum Gasteiger partial charge on any atom is -0.478 e. The van der Waals surface area contributed by atoms with Gasteiger partial charge >= 0.3 is 0 Å². The second-order valence-corrected chi connectivity index (χ2v) is 5.67. The molecule has 21 heavy (non-hydrogen) atoms. The Balaban J connectivity index is 2.12. The number of ether oxygens (including phenoxy) is 1. The Morgan fingerprint density at radius 3 is 2.86 bits per heavy atom. The molecule has 0 radical (unpaired) electrons. The highest BCUT2D eigenvalue weighted by atomic mass is 16.5. The molecule has 0 bridgehead atoms. The number of hydrogen-bond acceptors (Lipinski definition) is 5. The van der Waals surface area contributed by atoms with Crippen molar-refractivity contribution in [1.29, 1.82) is 0 Å². The Morgan fingerprint density at radius 2 is 2.19 bits per heavy atom. The van der Waals surface area contributed by atoms with Crippen LogP contribution in [0.2, 0.25) is 0 Å². The van der Waals surface area contributed by atoms with Gasteiger partial charge in [-0.25, -0.2) is 4.98 Å². The van der Waals surface area contributed by atoms with Crippen LogP contribution >= 0.6 is 0 Å². The molecule has 1 aliphatic heterocycles. The highest BCUT2D eigenvalue weighted by Crippen LogP contribution is 2.18. The van der Waals surface area contributed by atoms with Crippen LogP contribution in [0.3, 0.4) is 0 Å². The predicted molar refractivity (Wildman–Crippen MR) is 86.1 cm³/mol. The van der Waals surface area contributed by atoms with E-state index < -0.39 is 0 Å². The molecule has 1 unspecified atom stereocenters. The Bertz CT molecular complexity index is 432. The van der Waals surface area contributed by atoms with E-state index in [1.165, 1.54) is 19.3 Å². The van der Waals surface area contributed by atoms with Gasteiger partial charge in [-0.2, -0.15) is 4.98 Å². The van der Waals surface area contributed by atoms with Crippen LogP contribution in [0.1, 0.15) is 45.2 Å². The van der Waals surface area contributed by atoms with E-state index in [-0.39, 0.29) is 0 Å². The van der Waals surface area contributed by atoms with Gasteiger partial charge < -0.3 is 15.0 Å². The topological polar surface area (TPSA) is 50.3 Å². The van der Waals surface area contributed by atoms with Crippen molar-refractivity contribution in [3.05, 3.63) is 11.8 Å². The molecular weight excluding hydrogens is 264 g/mol. The molecule has 1 aliphatic rings. The molecule has 1 N–H and O–H groups in total. The molecule has 0 aliphatic carbocycles. The summed E-state index contributed by atoms with van der Waals surface area (Å²) in [5.74, 6) is 1.48. The van der Waals surface area contributed by atoms with Crippen molar-refractivity contribution in [1.82, 2.24) is 15.3 Å². The molecule has 5 nitrogen and oxygen atoms in total. The van der Waals surface area contributed by atoms with Gasteiger partial charge in [-0.1, -0.05) is 13.3 Å². The van der Waals surface area contributed by atoms with Gasteiger partial charge in [0, 0.05) is 30.9 Å². The molecule has 1 fully saturated rings. The van der Waals surface area contributed by atoms with E-state index in [1.807, 2.05) is 19.9 Å². The van der Waals surface area contributed by atoms with E-state index in [1.54, 1.807) is 0 Å². The largest absolute Gasteiger partial charge is 0.478 e. The molecule has 0 spiro atoms. The average Bonchev–Trinajstić information content (AvgIpc) is 2.48. The van der Waals surface area contributed by atoms with E-state index >= 15 is 0 Å². The summed E-state index contributed by atoms with van der Waals surface area (Å²) >= 11 is 0. The lowest BCUT2D eigenvalue weighted by Crippen LogP contribution is -2.44. The first kappa shape index (κ1) is 16.0. The Morgan fingerprint density at radius 1 is 1.33 bits per heavy atom. The fourth-order valence-electron chi connectivity index (χ4n) is 2.78. The molecule has 5 heteroatoms. The van der Waals surface area contributed by atoms with Crippen molar-refractivity contribution in [2.75, 3.05) is 31.1 Å². The van der Waals surface area contributed by atoms with Crippen LogP contribution < -0.4 is 15.0 Å². The highest BCUT2D eigenvalue weighted by Gasteiger charge is 2.19. The maximum Gasteiger partial charge on any atom is 0.228 e. The highest BCUT2D eigenvalue weighted by molar-refractivity contribution is 5.34. The van der Waals surface area contributed by atoms with Gasteiger partial charge in [0.05, 0.1) is 6.61 Å². The Labute approximate surface area is 128 Å². The zero-order chi connectivity index (χ0) is 15.1. The monoisotopic (exact) mass is 292 g/mol. The summed E-state index contributed by atoms with van der Waals surface area (Å²) in [6.07, 6.45) is 4.94. The fraction of sp³-hybridized carbons (Fsp3) is 0.750. The molecule has 1 aromatic heterocycles. The van der Waals surface area contributed by atoms with E-state index in [9.17, 15) is 0 Å². The second kappa shape index (κ2) is 8.17. The van der Waals surface area contributed by atoms with E-state index in [0.717, 1.165) is 37.7 Å². The van der Waals surface area contributed by atoms with Crippen LogP contribution in [0.15, 0.2) is 6.07 Å². The van der Waals surface area contributed by atoms with E-state index in [2.05, 4.69) is 27.1 Å². The maximum absolute atomic E-state index is 5.55. The summed E-state index contributed by atoms with van der Waals surface area (Å²) in [4.78, 5) is 11.5. The number of aromatic nitrogens is 2. The van der Waals surface area contributed by atoms with Gasteiger partial charge in [0.25, 0.3) is 0 Å². The van der Waals surface area contributed by atoms with Crippen molar-refractivity contribution in [2.24, 2.45) is 0 Å². The zero-order valence-electron chi connectivity index (χ0n) is 13.6. The summed E-state index contributed by atoms with van der Waals surface area (Å²) in [6.45, 7) is 9.89. The molecule has 0 saturated carbocycles. The number of hydrogen-bond donors (Lipinski definition) is 1. The van der Waals surface area contributed by atoms with Crippen molar-refractivity contribution >= 4 is 5.95 Å². The molecule has 0 aromatic carbocycles. The number of aryl methyl sites for hydroxylation is 1. The minimum atomic E-state index is 0.546. The third-order valence-corrected chi connectivity index (χ3v) is 3.74. The normalized spacial score (nSPS) is 18.5. The van der Waals surface area contributed by atoms with Gasteiger partial charge in [0.2, 0.25) is 11.8 Å². The molecule has 118 valence electrons. The smallest absolute Gasteiger partial charge is 0.228 e. The van der Waals surface area contributed by atoms with Gasteiger partial charge in [-0.15, -0.1) is 0 Å². The standard InChI is InChI=1S/C16H28N4O/c1-4-10-20(12-14-8-6-7-9-17-14)16-18-13(3)11-15(19-16)21-5-2/h11,14,17H,4-10,12H2,1-3H3. The lowest BCUT2D eigenvalue weighted by atomic mass is 10.0. The SMILES string of the molecule is CCCN(CC1CCCCN1)c1nc(C)cc(OCC)n1. The molecule has 1 aromatic rings. The number of anilines is 1. The summed E-state index contributed by atoms with van der Waals surface area (Å²) < 4.78 is 5.55. The van der Waals surface area contributed by atoms with Crippen LogP contribution in [0.25, 0.3) is 0 Å². The average molecular weight is 292 g/mol. The molecule has 1 saturated heterocycles. The zero-order valence-corrected chi connectivity index (χ0v) is 13.6. The van der Waals surface area contributed by atoms with Crippen LogP contribution in [0.5, 0.6) is 5.88 Å². The van der Waals surface area contributed by atoms with E-state index in [0.29, 0.717) is 18.5 Å². The molecule has 0 amide bonds. The molecule has 2 heterocycles. The molecule has 2 rings (SSSR count). The maximum atomic E-state index is 5.55. The van der Waals surface area contributed by atoms with Crippen molar-refractivity contribution < 1.29 is 4.74 Å². The van der Waals surface area contributed by atoms with E-state index in [4.69, 9.17) is 4.74 Å². The first-order chi connectivity index (χ1) is 10.2. The predicted octanol–water partition coefficient (Wildman–Crippen LogP) is 2.54. The lowest BCUT2D eigenvalue weighted by molar-refractivity contribution is 0.325. The van der Waals surface area contributed by atoms with Gasteiger partial charge in [-0.3, -0.25) is 0 Å². The van der Waals surface area contributed by atoms with Gasteiger partial charge in [-0.05, 0) is 39.7 Å². The first-order valence-corrected chi connectivity index (χ1v) is 8.19. The van der Waals surface area contributed by atoms with Gasteiger partial charge in [0.1, 0.15) is 0 Å². The third-order valence-electron chi connectivity index (χ3n) is 3.74. The molecular formula is C16H28N4O. The van der Waals surface area contributed by atoms with Crippen LogP contribution in [-0.2, 0) is 0 Å². The van der Waals surface area contributed by atoms with Crippen LogP contribution in [0.4, 0.5) is 5.95 Å². The summed E-state index contributed by atoms with van der Waals surface area (Å²) in [5.41, 5.74) is 0.959. The summed E-state index contributed by atoms with van der Waals surface area (Å²) in [5, 5.41) is 3.60. The number of nitrogens with one attached hydrogen (secondary N) is 1. The van der Waals surface area contributed by atoms with Crippen molar-refractivity contribution in [2.45, 2.75) is 52.5 Å². The molecule has 1 atom stereocenters. The van der Waals surface area contributed by atoms with Gasteiger partial charge in [0.15, 0.2) is 0 Å². The second-order valence-electron chi connectivity index (χ2n) is 5.67.